The molecule has 1 atom stereocenters. The van der Waals surface area contributed by atoms with Crippen LogP contribution in [-0.4, -0.2) is 56.9 Å². The molecular weight excluding hydrogens is 240 g/mol. The number of hydrogen-bond donors (Lipinski definition) is 1. The van der Waals surface area contributed by atoms with Crippen molar-refractivity contribution in [2.45, 2.75) is 19.3 Å². The summed E-state index contributed by atoms with van der Waals surface area (Å²) in [6.45, 7) is 2.88. The highest BCUT2D eigenvalue weighted by Crippen LogP contribution is 2.15. The highest BCUT2D eigenvalue weighted by atomic mass is 32.2. The molecule has 0 radical (unpaired) electrons. The molecule has 1 unspecified atom stereocenters. The Bertz CT molecular complexity index is 374. The molecule has 5 nitrogen and oxygen atoms in total. The predicted octanol–water partition coefficient (Wildman–Crippen LogP) is -0.367. The molecule has 2 aliphatic heterocycles. The quantitative estimate of drug-likeness (QED) is 0.736. The van der Waals surface area contributed by atoms with Gasteiger partial charge in [-0.05, 0) is 31.8 Å². The summed E-state index contributed by atoms with van der Waals surface area (Å²) in [5, 5.41) is 3.24. The highest BCUT2D eigenvalue weighted by molar-refractivity contribution is 7.91. The molecule has 1 amide bonds. The maximum atomic E-state index is 12.0. The van der Waals surface area contributed by atoms with Crippen molar-refractivity contribution in [2.75, 3.05) is 37.7 Å². The second-order valence-electron chi connectivity index (χ2n) is 4.95. The monoisotopic (exact) mass is 260 g/mol. The number of nitrogens with one attached hydrogen (secondary N) is 1. The third kappa shape index (κ3) is 3.67. The molecule has 98 valence electrons. The summed E-state index contributed by atoms with van der Waals surface area (Å²) < 4.78 is 22.9. The largest absolute Gasteiger partial charge is 0.342 e. The summed E-state index contributed by atoms with van der Waals surface area (Å²) in [5.41, 5.74) is 0. The van der Waals surface area contributed by atoms with Crippen molar-refractivity contribution < 1.29 is 13.2 Å². The molecule has 2 fully saturated rings. The molecule has 2 rings (SSSR count). The van der Waals surface area contributed by atoms with Crippen molar-refractivity contribution >= 4 is 15.7 Å². The van der Waals surface area contributed by atoms with E-state index >= 15 is 0 Å². The van der Waals surface area contributed by atoms with Crippen LogP contribution in [0.2, 0.25) is 0 Å². The number of sulfone groups is 1. The molecule has 0 spiro atoms. The molecule has 17 heavy (non-hydrogen) atoms. The molecular formula is C11H20N2O3S. The van der Waals surface area contributed by atoms with Gasteiger partial charge in [-0.1, -0.05) is 0 Å². The lowest BCUT2D eigenvalue weighted by molar-refractivity contribution is -0.131. The smallest absolute Gasteiger partial charge is 0.222 e. The van der Waals surface area contributed by atoms with E-state index in [9.17, 15) is 13.2 Å². The van der Waals surface area contributed by atoms with E-state index in [0.717, 1.165) is 19.5 Å². The van der Waals surface area contributed by atoms with Crippen LogP contribution in [0, 0.1) is 5.92 Å². The number of amides is 1. The topological polar surface area (TPSA) is 66.5 Å². The molecule has 2 heterocycles. The number of carbonyl (C=O) groups excluding carboxylic acids is 1. The van der Waals surface area contributed by atoms with Gasteiger partial charge in [0, 0.05) is 19.5 Å². The lowest BCUT2D eigenvalue weighted by Gasteiger charge is -2.21. The van der Waals surface area contributed by atoms with Gasteiger partial charge in [-0.2, -0.15) is 0 Å². The zero-order chi connectivity index (χ0) is 12.3. The first kappa shape index (κ1) is 12.8. The van der Waals surface area contributed by atoms with E-state index in [2.05, 4.69) is 5.32 Å². The Kier molecular flexibility index (Phi) is 4.04. The van der Waals surface area contributed by atoms with Crippen LogP contribution in [0.4, 0.5) is 0 Å². The number of rotatable bonds is 2. The van der Waals surface area contributed by atoms with Gasteiger partial charge in [-0.15, -0.1) is 0 Å². The third-order valence-electron chi connectivity index (χ3n) is 3.53. The first-order chi connectivity index (χ1) is 8.07. The van der Waals surface area contributed by atoms with Crippen LogP contribution in [0.5, 0.6) is 0 Å². The molecule has 0 bridgehead atoms. The molecule has 6 heteroatoms. The first-order valence-corrected chi connectivity index (χ1v) is 8.08. The minimum absolute atomic E-state index is 0.121. The van der Waals surface area contributed by atoms with Gasteiger partial charge < -0.3 is 10.2 Å². The molecule has 0 aromatic rings. The third-order valence-corrected chi connectivity index (χ3v) is 5.25. The highest BCUT2D eigenvalue weighted by Gasteiger charge is 2.25. The van der Waals surface area contributed by atoms with Crippen LogP contribution < -0.4 is 5.32 Å². The van der Waals surface area contributed by atoms with Crippen LogP contribution in [-0.2, 0) is 14.6 Å². The zero-order valence-corrected chi connectivity index (χ0v) is 10.8. The summed E-state index contributed by atoms with van der Waals surface area (Å²) >= 11 is 0. The van der Waals surface area contributed by atoms with E-state index in [1.165, 1.54) is 0 Å². The fraction of sp³-hybridized carbons (Fsp3) is 0.909. The second-order valence-corrected chi connectivity index (χ2v) is 7.25. The van der Waals surface area contributed by atoms with Crippen molar-refractivity contribution in [3.63, 3.8) is 0 Å². The van der Waals surface area contributed by atoms with E-state index in [-0.39, 0.29) is 17.4 Å². The van der Waals surface area contributed by atoms with E-state index in [4.69, 9.17) is 0 Å². The Morgan fingerprint density at radius 2 is 2.12 bits per heavy atom. The maximum Gasteiger partial charge on any atom is 0.222 e. The summed E-state index contributed by atoms with van der Waals surface area (Å²) in [6.07, 6.45) is 2.20. The fourth-order valence-electron chi connectivity index (χ4n) is 2.45. The second kappa shape index (κ2) is 5.35. The van der Waals surface area contributed by atoms with Crippen LogP contribution in [0.15, 0.2) is 0 Å². The van der Waals surface area contributed by atoms with Gasteiger partial charge in [-0.3, -0.25) is 4.79 Å². The van der Waals surface area contributed by atoms with Crippen molar-refractivity contribution in [1.82, 2.24) is 10.2 Å². The minimum atomic E-state index is -2.92. The standard InChI is InChI=1S/C11H20N2O3S/c14-11(8-10-2-3-12-9-10)13-4-1-6-17(15,16)7-5-13/h10,12H,1-9H2. The van der Waals surface area contributed by atoms with Gasteiger partial charge in [0.25, 0.3) is 0 Å². The Balaban J connectivity index is 1.86. The van der Waals surface area contributed by atoms with Gasteiger partial charge >= 0.3 is 0 Å². The van der Waals surface area contributed by atoms with Gasteiger partial charge in [0.2, 0.25) is 5.91 Å². The Morgan fingerprint density at radius 1 is 1.29 bits per heavy atom. The van der Waals surface area contributed by atoms with Crippen LogP contribution >= 0.6 is 0 Å². The van der Waals surface area contributed by atoms with Crippen LogP contribution in [0.3, 0.4) is 0 Å². The fourth-order valence-corrected chi connectivity index (χ4v) is 3.72. The number of nitrogens with zero attached hydrogens (tertiary/aromatic N) is 1. The van der Waals surface area contributed by atoms with Crippen molar-refractivity contribution in [1.29, 1.82) is 0 Å². The summed E-state index contributed by atoms with van der Waals surface area (Å²) in [6, 6.07) is 0. The van der Waals surface area contributed by atoms with E-state index < -0.39 is 9.84 Å². The molecule has 2 saturated heterocycles. The average Bonchev–Trinajstić information content (AvgIpc) is 2.68. The van der Waals surface area contributed by atoms with Gasteiger partial charge in [0.15, 0.2) is 9.84 Å². The molecule has 2 aliphatic rings. The van der Waals surface area contributed by atoms with E-state index in [1.807, 2.05) is 0 Å². The van der Waals surface area contributed by atoms with E-state index in [1.54, 1.807) is 4.90 Å². The molecule has 0 aromatic heterocycles. The normalized spacial score (nSPS) is 28.9. The van der Waals surface area contributed by atoms with Crippen molar-refractivity contribution in [3.05, 3.63) is 0 Å². The van der Waals surface area contributed by atoms with Crippen molar-refractivity contribution in [2.24, 2.45) is 5.92 Å². The molecule has 1 N–H and O–H groups in total. The summed E-state index contributed by atoms with van der Waals surface area (Å²) in [7, 11) is -2.92. The molecule has 0 saturated carbocycles. The van der Waals surface area contributed by atoms with Gasteiger partial charge in [0.05, 0.1) is 11.5 Å². The minimum Gasteiger partial charge on any atom is -0.342 e. The van der Waals surface area contributed by atoms with Crippen LogP contribution in [0.25, 0.3) is 0 Å². The zero-order valence-electron chi connectivity index (χ0n) is 10.0. The Hall–Kier alpha value is -0.620. The number of carbonyl (C=O) groups is 1. The lowest BCUT2D eigenvalue weighted by atomic mass is 10.0. The summed E-state index contributed by atoms with van der Waals surface area (Å²) in [4.78, 5) is 13.7. The van der Waals surface area contributed by atoms with Gasteiger partial charge in [-0.25, -0.2) is 8.42 Å². The maximum absolute atomic E-state index is 12.0. The lowest BCUT2D eigenvalue weighted by Crippen LogP contribution is -2.35. The molecule has 0 aliphatic carbocycles. The van der Waals surface area contributed by atoms with Crippen LogP contribution in [0.1, 0.15) is 19.3 Å². The molecule has 0 aromatic carbocycles. The Labute approximate surface area is 102 Å². The SMILES string of the molecule is O=C(CC1CCNC1)N1CCCS(=O)(=O)CC1. The van der Waals surface area contributed by atoms with Gasteiger partial charge in [0.1, 0.15) is 0 Å². The van der Waals surface area contributed by atoms with Crippen molar-refractivity contribution in [3.8, 4) is 0 Å². The predicted molar refractivity (Wildman–Crippen MR) is 65.4 cm³/mol. The summed E-state index contributed by atoms with van der Waals surface area (Å²) in [5.74, 6) is 0.904. The van der Waals surface area contributed by atoms with E-state index in [0.29, 0.717) is 31.8 Å². The first-order valence-electron chi connectivity index (χ1n) is 6.26. The number of hydrogen-bond acceptors (Lipinski definition) is 4. The average molecular weight is 260 g/mol. The Morgan fingerprint density at radius 3 is 2.82 bits per heavy atom.